The summed E-state index contributed by atoms with van der Waals surface area (Å²) in [6, 6.07) is 5.01. The molecule has 2 saturated carbocycles. The molecule has 3 atom stereocenters. The molecule has 3 aliphatic rings. The zero-order valence-electron chi connectivity index (χ0n) is 21.9. The number of carbonyl (C=O) groups excluding carboxylic acids is 1. The molecule has 1 amide bonds. The van der Waals surface area contributed by atoms with Crippen LogP contribution >= 0.6 is 11.6 Å². The third-order valence-electron chi connectivity index (χ3n) is 8.32. The van der Waals surface area contributed by atoms with E-state index in [0.717, 1.165) is 67.0 Å². The van der Waals surface area contributed by atoms with Crippen molar-refractivity contribution < 1.29 is 14.3 Å². The number of nitrogens with zero attached hydrogens (tertiary/aromatic N) is 3. The lowest BCUT2D eigenvalue weighted by molar-refractivity contribution is -0.118. The van der Waals surface area contributed by atoms with E-state index in [4.69, 9.17) is 31.0 Å². The lowest BCUT2D eigenvalue weighted by Gasteiger charge is -2.40. The van der Waals surface area contributed by atoms with Crippen molar-refractivity contribution in [1.29, 1.82) is 0 Å². The molecule has 5 rings (SSSR count). The number of aromatic nitrogens is 2. The minimum absolute atomic E-state index is 0.0256. The van der Waals surface area contributed by atoms with Crippen LogP contribution in [-0.2, 0) is 4.79 Å². The van der Waals surface area contributed by atoms with Gasteiger partial charge < -0.3 is 25.4 Å². The van der Waals surface area contributed by atoms with Gasteiger partial charge in [0.1, 0.15) is 11.7 Å². The molecule has 2 aliphatic carbocycles. The molecule has 3 fully saturated rings. The summed E-state index contributed by atoms with van der Waals surface area (Å²) < 4.78 is 11.1. The molecule has 2 bridgehead atoms. The molecule has 2 aromatic rings. The van der Waals surface area contributed by atoms with Crippen LogP contribution in [0.3, 0.4) is 0 Å². The molecule has 2 heterocycles. The van der Waals surface area contributed by atoms with Gasteiger partial charge in [0, 0.05) is 49.7 Å². The van der Waals surface area contributed by atoms with Crippen molar-refractivity contribution in [2.24, 2.45) is 11.8 Å². The van der Waals surface area contributed by atoms with E-state index in [2.05, 4.69) is 20.9 Å². The van der Waals surface area contributed by atoms with Gasteiger partial charge in [-0.05, 0) is 56.4 Å². The Morgan fingerprint density at radius 1 is 1.05 bits per heavy atom. The van der Waals surface area contributed by atoms with Crippen molar-refractivity contribution in [3.05, 3.63) is 12.1 Å². The topological polar surface area (TPSA) is 101 Å². The Kier molecular flexibility index (Phi) is 8.39. The summed E-state index contributed by atoms with van der Waals surface area (Å²) >= 11 is 5.54. The van der Waals surface area contributed by atoms with Crippen molar-refractivity contribution in [3.63, 3.8) is 0 Å². The Labute approximate surface area is 224 Å². The van der Waals surface area contributed by atoms with Crippen molar-refractivity contribution >= 4 is 40.2 Å². The number of benzene rings is 1. The Hall–Kier alpha value is -2.52. The van der Waals surface area contributed by atoms with Crippen LogP contribution in [-0.4, -0.2) is 79.1 Å². The highest BCUT2D eigenvalue weighted by Gasteiger charge is 2.42. The molecule has 0 radical (unpaired) electrons. The van der Waals surface area contributed by atoms with E-state index in [1.807, 2.05) is 12.1 Å². The molecule has 1 aromatic carbocycles. The lowest BCUT2D eigenvalue weighted by Crippen LogP contribution is -2.46. The van der Waals surface area contributed by atoms with Crippen LogP contribution in [0.15, 0.2) is 12.1 Å². The van der Waals surface area contributed by atoms with Crippen molar-refractivity contribution in [2.45, 2.75) is 57.0 Å². The maximum absolute atomic E-state index is 11.3. The molecule has 10 heteroatoms. The Bertz CT molecular complexity index is 1090. The maximum Gasteiger partial charge on any atom is 0.234 e. The van der Waals surface area contributed by atoms with E-state index in [9.17, 15) is 4.79 Å². The van der Waals surface area contributed by atoms with Crippen LogP contribution in [0.2, 0.25) is 0 Å². The van der Waals surface area contributed by atoms with Gasteiger partial charge in [-0.2, -0.15) is 4.98 Å². The molecule has 3 N–H and O–H groups in total. The van der Waals surface area contributed by atoms with Gasteiger partial charge in [0.2, 0.25) is 11.9 Å². The van der Waals surface area contributed by atoms with Gasteiger partial charge in [-0.1, -0.05) is 6.42 Å². The number of amides is 1. The number of methoxy groups -OCH3 is 2. The van der Waals surface area contributed by atoms with E-state index in [0.29, 0.717) is 36.6 Å². The number of nitrogens with one attached hydrogen (secondary N) is 3. The summed E-state index contributed by atoms with van der Waals surface area (Å²) in [6.45, 7) is 3.46. The average molecular weight is 531 g/mol. The van der Waals surface area contributed by atoms with Gasteiger partial charge in [-0.15, -0.1) is 11.6 Å². The minimum Gasteiger partial charge on any atom is -0.493 e. The zero-order valence-corrected chi connectivity index (χ0v) is 22.6. The average Bonchev–Trinajstić information content (AvgIpc) is 3.56. The van der Waals surface area contributed by atoms with Crippen LogP contribution in [0.4, 0.5) is 11.8 Å². The first-order chi connectivity index (χ1) is 18.1. The normalized spacial score (nSPS) is 23.8. The van der Waals surface area contributed by atoms with Gasteiger partial charge in [0.05, 0.1) is 19.7 Å². The first-order valence-electron chi connectivity index (χ1n) is 13.6. The highest BCUT2D eigenvalue weighted by Crippen LogP contribution is 2.47. The summed E-state index contributed by atoms with van der Waals surface area (Å²) in [6.07, 6.45) is 8.69. The van der Waals surface area contributed by atoms with Crippen molar-refractivity contribution in [2.75, 3.05) is 56.9 Å². The van der Waals surface area contributed by atoms with Gasteiger partial charge in [-0.3, -0.25) is 9.69 Å². The largest absolute Gasteiger partial charge is 0.493 e. The second kappa shape index (κ2) is 11.9. The summed E-state index contributed by atoms with van der Waals surface area (Å²) in [4.78, 5) is 23.7. The maximum atomic E-state index is 11.3. The number of alkyl halides is 1. The second-order valence-electron chi connectivity index (χ2n) is 10.6. The van der Waals surface area contributed by atoms with Crippen molar-refractivity contribution in [3.8, 4) is 11.5 Å². The monoisotopic (exact) mass is 530 g/mol. The predicted octanol–water partition coefficient (Wildman–Crippen LogP) is 3.87. The van der Waals surface area contributed by atoms with E-state index in [1.165, 1.54) is 25.7 Å². The third-order valence-corrected chi connectivity index (χ3v) is 8.56. The summed E-state index contributed by atoms with van der Waals surface area (Å²) in [5.74, 6) is 4.36. The first kappa shape index (κ1) is 26.1. The van der Waals surface area contributed by atoms with Gasteiger partial charge in [0.25, 0.3) is 0 Å². The number of carbonyl (C=O) groups is 1. The Morgan fingerprint density at radius 2 is 1.84 bits per heavy atom. The highest BCUT2D eigenvalue weighted by molar-refractivity contribution is 6.27. The Balaban J connectivity index is 1.28. The first-order valence-corrected chi connectivity index (χ1v) is 14.1. The van der Waals surface area contributed by atoms with E-state index >= 15 is 0 Å². The fraction of sp³-hybridized carbons (Fsp3) is 0.667. The quantitative estimate of drug-likeness (QED) is 0.297. The number of rotatable bonds is 11. The Morgan fingerprint density at radius 3 is 2.51 bits per heavy atom. The summed E-state index contributed by atoms with van der Waals surface area (Å²) in [5.41, 5.74) is 0.785. The number of hydrogen-bond acceptors (Lipinski definition) is 8. The van der Waals surface area contributed by atoms with Crippen LogP contribution in [0.5, 0.6) is 11.5 Å². The van der Waals surface area contributed by atoms with Crippen LogP contribution in [0, 0.1) is 11.8 Å². The molecular weight excluding hydrogens is 492 g/mol. The van der Waals surface area contributed by atoms with Crippen LogP contribution in [0.25, 0.3) is 10.9 Å². The van der Waals surface area contributed by atoms with E-state index in [1.54, 1.807) is 14.2 Å². The van der Waals surface area contributed by atoms with Crippen LogP contribution < -0.4 is 25.4 Å². The molecule has 1 aromatic heterocycles. The number of anilines is 2. The molecule has 1 saturated heterocycles. The zero-order chi connectivity index (χ0) is 25.8. The molecule has 1 aliphatic heterocycles. The second-order valence-corrected chi connectivity index (χ2v) is 10.8. The fourth-order valence-corrected chi connectivity index (χ4v) is 6.53. The van der Waals surface area contributed by atoms with Gasteiger partial charge in [0.15, 0.2) is 11.5 Å². The number of halogens is 1. The van der Waals surface area contributed by atoms with E-state index in [-0.39, 0.29) is 11.8 Å². The van der Waals surface area contributed by atoms with Gasteiger partial charge in [-0.25, -0.2) is 4.98 Å². The van der Waals surface area contributed by atoms with Crippen molar-refractivity contribution in [1.82, 2.24) is 20.2 Å². The smallest absolute Gasteiger partial charge is 0.234 e. The number of likely N-dealkylation sites (tertiary alicyclic amines) is 1. The number of fused-ring (bicyclic) bond motifs is 3. The molecular formula is C27H39ClN6O3. The molecule has 9 nitrogen and oxygen atoms in total. The number of piperidine rings is 1. The SMILES string of the molecule is COc1cc2nc(NCCCNC(=O)CCl)nc(NC3CCN(C4CC5CCC4C5)CC3)c2cc1OC. The van der Waals surface area contributed by atoms with Gasteiger partial charge >= 0.3 is 0 Å². The molecule has 202 valence electrons. The molecule has 3 unspecified atom stereocenters. The molecule has 37 heavy (non-hydrogen) atoms. The molecule has 0 spiro atoms. The minimum atomic E-state index is -0.164. The fourth-order valence-electron chi connectivity index (χ4n) is 6.44. The lowest BCUT2D eigenvalue weighted by atomic mass is 9.92. The highest BCUT2D eigenvalue weighted by atomic mass is 35.5. The third kappa shape index (κ3) is 5.98. The van der Waals surface area contributed by atoms with E-state index < -0.39 is 0 Å². The number of ether oxygens (including phenoxy) is 2. The standard InChI is InChI=1S/C27H39ClN6O3/c1-36-23-14-20-21(15-24(23)37-2)32-27(30-9-3-8-29-25(35)16-28)33-26(20)31-19-6-10-34(11-7-19)22-13-17-4-5-18(22)12-17/h14-15,17-19,22H,3-13,16H2,1-2H3,(H,29,35)(H2,30,31,32,33). The number of hydrogen-bond donors (Lipinski definition) is 3. The van der Waals surface area contributed by atoms with Crippen LogP contribution in [0.1, 0.15) is 44.9 Å². The summed E-state index contributed by atoms with van der Waals surface area (Å²) in [7, 11) is 3.27. The summed E-state index contributed by atoms with van der Waals surface area (Å²) in [5, 5.41) is 10.7. The predicted molar refractivity (Wildman–Crippen MR) is 147 cm³/mol.